The van der Waals surface area contributed by atoms with Crippen LogP contribution in [-0.2, 0) is 14.3 Å². The maximum absolute atomic E-state index is 12.2. The molecule has 2 aromatic carbocycles. The molecule has 0 fully saturated rings. The van der Waals surface area contributed by atoms with E-state index >= 15 is 0 Å². The first kappa shape index (κ1) is 21.4. The summed E-state index contributed by atoms with van der Waals surface area (Å²) in [5, 5.41) is 18.3. The number of hydrogen-bond acceptors (Lipinski definition) is 6. The lowest BCUT2D eigenvalue weighted by Crippen LogP contribution is -2.44. The summed E-state index contributed by atoms with van der Waals surface area (Å²) in [5.41, 5.74) is 0.244. The van der Waals surface area contributed by atoms with Gasteiger partial charge in [0.1, 0.15) is 11.7 Å². The Bertz CT molecular complexity index is 903. The van der Waals surface area contributed by atoms with Gasteiger partial charge in [-0.3, -0.25) is 14.9 Å². The molecule has 152 valence electrons. The largest absolute Gasteiger partial charge is 0.451 e. The maximum Gasteiger partial charge on any atom is 0.329 e. The first-order valence-electron chi connectivity index (χ1n) is 8.65. The van der Waals surface area contributed by atoms with Crippen molar-refractivity contribution in [2.75, 3.05) is 10.6 Å². The highest BCUT2D eigenvalue weighted by Gasteiger charge is 2.25. The number of hydrogen-bond donors (Lipinski definition) is 3. The van der Waals surface area contributed by atoms with Crippen molar-refractivity contribution in [1.82, 2.24) is 5.32 Å². The predicted octanol–water partition coefficient (Wildman–Crippen LogP) is 2.68. The fourth-order valence-electron chi connectivity index (χ4n) is 2.25. The molecule has 0 heterocycles. The zero-order valence-electron chi connectivity index (χ0n) is 15.7. The molecule has 3 amide bonds. The van der Waals surface area contributed by atoms with Crippen LogP contribution in [0.2, 0.25) is 0 Å². The number of ether oxygens (including phenoxy) is 1. The molecular formula is C19H20N4O6. The molecule has 2 aromatic rings. The van der Waals surface area contributed by atoms with Gasteiger partial charge in [0.15, 0.2) is 6.10 Å². The molecule has 29 heavy (non-hydrogen) atoms. The van der Waals surface area contributed by atoms with E-state index in [2.05, 4.69) is 16.0 Å². The van der Waals surface area contributed by atoms with Gasteiger partial charge < -0.3 is 20.7 Å². The smallest absolute Gasteiger partial charge is 0.329 e. The van der Waals surface area contributed by atoms with Gasteiger partial charge in [-0.2, -0.15) is 0 Å². The Kier molecular flexibility index (Phi) is 7.24. The number of para-hydroxylation sites is 3. The molecule has 10 heteroatoms. The quantitative estimate of drug-likeness (QED) is 0.371. The fourth-order valence-corrected chi connectivity index (χ4v) is 2.25. The number of nitro groups is 1. The molecule has 2 atom stereocenters. The fraction of sp³-hybridized carbons (Fsp3) is 0.211. The molecular weight excluding hydrogens is 380 g/mol. The van der Waals surface area contributed by atoms with Gasteiger partial charge in [0.05, 0.1) is 4.92 Å². The van der Waals surface area contributed by atoms with Crippen LogP contribution in [0.25, 0.3) is 0 Å². The second kappa shape index (κ2) is 9.83. The minimum atomic E-state index is -1.23. The molecule has 0 spiro atoms. The SMILES string of the molecule is C[C@H](NC(=O)Nc1ccccc1)C(=O)O[C@@H](C)C(=O)Nc1ccccc1[N+](=O)[O-]. The van der Waals surface area contributed by atoms with Crippen LogP contribution in [0.4, 0.5) is 21.9 Å². The lowest BCUT2D eigenvalue weighted by molar-refractivity contribution is -0.383. The molecule has 0 saturated carbocycles. The predicted molar refractivity (Wildman–Crippen MR) is 105 cm³/mol. The third kappa shape index (κ3) is 6.31. The number of carbonyl (C=O) groups excluding carboxylic acids is 3. The highest BCUT2D eigenvalue weighted by Crippen LogP contribution is 2.23. The van der Waals surface area contributed by atoms with Crippen LogP contribution in [0.1, 0.15) is 13.8 Å². The number of urea groups is 1. The van der Waals surface area contributed by atoms with Crippen LogP contribution in [0.5, 0.6) is 0 Å². The summed E-state index contributed by atoms with van der Waals surface area (Å²) in [5.74, 6) is -1.58. The summed E-state index contributed by atoms with van der Waals surface area (Å²) in [7, 11) is 0. The molecule has 0 saturated heterocycles. The molecule has 0 aliphatic rings. The zero-order chi connectivity index (χ0) is 21.4. The molecule has 0 unspecified atom stereocenters. The number of benzene rings is 2. The van der Waals surface area contributed by atoms with Crippen molar-refractivity contribution < 1.29 is 24.0 Å². The van der Waals surface area contributed by atoms with Crippen molar-refractivity contribution in [3.8, 4) is 0 Å². The summed E-state index contributed by atoms with van der Waals surface area (Å²) < 4.78 is 5.03. The number of nitro benzene ring substituents is 1. The molecule has 0 aliphatic carbocycles. The van der Waals surface area contributed by atoms with Gasteiger partial charge in [-0.15, -0.1) is 0 Å². The van der Waals surface area contributed by atoms with Gasteiger partial charge in [0.2, 0.25) is 0 Å². The number of anilines is 2. The zero-order valence-corrected chi connectivity index (χ0v) is 15.7. The van der Waals surface area contributed by atoms with Crippen LogP contribution in [0.3, 0.4) is 0 Å². The van der Waals surface area contributed by atoms with E-state index in [0.29, 0.717) is 5.69 Å². The van der Waals surface area contributed by atoms with E-state index in [1.807, 2.05) is 0 Å². The number of nitrogens with one attached hydrogen (secondary N) is 3. The molecule has 3 N–H and O–H groups in total. The topological polar surface area (TPSA) is 140 Å². The first-order valence-corrected chi connectivity index (χ1v) is 8.65. The highest BCUT2D eigenvalue weighted by atomic mass is 16.6. The Hall–Kier alpha value is -3.95. The highest BCUT2D eigenvalue weighted by molar-refractivity contribution is 5.97. The minimum Gasteiger partial charge on any atom is -0.451 e. The van der Waals surface area contributed by atoms with Gasteiger partial charge in [-0.05, 0) is 32.0 Å². The Morgan fingerprint density at radius 2 is 1.59 bits per heavy atom. The van der Waals surface area contributed by atoms with E-state index < -0.39 is 35.0 Å². The number of nitrogens with zero attached hydrogens (tertiary/aromatic N) is 1. The molecule has 0 radical (unpaired) electrons. The van der Waals surface area contributed by atoms with E-state index in [1.165, 1.54) is 38.1 Å². The van der Waals surface area contributed by atoms with Crippen LogP contribution >= 0.6 is 0 Å². The van der Waals surface area contributed by atoms with Crippen LogP contribution in [0.15, 0.2) is 54.6 Å². The second-order valence-corrected chi connectivity index (χ2v) is 6.03. The summed E-state index contributed by atoms with van der Waals surface area (Å²) in [6, 6.07) is 12.6. The van der Waals surface area contributed by atoms with E-state index in [4.69, 9.17) is 4.74 Å². The third-order valence-corrected chi connectivity index (χ3v) is 3.75. The third-order valence-electron chi connectivity index (χ3n) is 3.75. The van der Waals surface area contributed by atoms with E-state index in [1.54, 1.807) is 30.3 Å². The number of rotatable bonds is 7. The van der Waals surface area contributed by atoms with Crippen molar-refractivity contribution in [2.24, 2.45) is 0 Å². The van der Waals surface area contributed by atoms with Crippen molar-refractivity contribution in [1.29, 1.82) is 0 Å². The van der Waals surface area contributed by atoms with E-state index in [-0.39, 0.29) is 11.4 Å². The standard InChI is InChI=1S/C19H20N4O6/c1-12(20-19(26)21-14-8-4-3-5-9-14)18(25)29-13(2)17(24)22-15-10-6-7-11-16(15)23(27)28/h3-13H,1-2H3,(H,22,24)(H2,20,21,26)/t12-,13-/m0/s1. The van der Waals surface area contributed by atoms with Crippen molar-refractivity contribution >= 4 is 35.0 Å². The Labute approximate surface area is 166 Å². The van der Waals surface area contributed by atoms with Crippen molar-refractivity contribution in [3.05, 3.63) is 64.7 Å². The lowest BCUT2D eigenvalue weighted by atomic mass is 10.2. The van der Waals surface area contributed by atoms with Gasteiger partial charge in [-0.1, -0.05) is 30.3 Å². The van der Waals surface area contributed by atoms with Gasteiger partial charge in [0, 0.05) is 11.8 Å². The Morgan fingerprint density at radius 1 is 0.966 bits per heavy atom. The van der Waals surface area contributed by atoms with E-state index in [0.717, 1.165) is 0 Å². The number of carbonyl (C=O) groups is 3. The molecule has 10 nitrogen and oxygen atoms in total. The number of amides is 3. The number of esters is 1. The first-order chi connectivity index (χ1) is 13.8. The lowest BCUT2D eigenvalue weighted by Gasteiger charge is -2.18. The second-order valence-electron chi connectivity index (χ2n) is 6.03. The molecule has 0 aromatic heterocycles. The summed E-state index contributed by atoms with van der Waals surface area (Å²) in [6.45, 7) is 2.72. The van der Waals surface area contributed by atoms with Crippen LogP contribution in [-0.4, -0.2) is 35.0 Å². The van der Waals surface area contributed by atoms with Crippen LogP contribution in [0, 0.1) is 10.1 Å². The Balaban J connectivity index is 1.88. The average Bonchev–Trinajstić information content (AvgIpc) is 2.68. The molecule has 2 rings (SSSR count). The van der Waals surface area contributed by atoms with E-state index in [9.17, 15) is 24.5 Å². The van der Waals surface area contributed by atoms with Crippen molar-refractivity contribution in [2.45, 2.75) is 26.0 Å². The average molecular weight is 400 g/mol. The van der Waals surface area contributed by atoms with Crippen molar-refractivity contribution in [3.63, 3.8) is 0 Å². The Morgan fingerprint density at radius 3 is 2.24 bits per heavy atom. The van der Waals surface area contributed by atoms with Gasteiger partial charge in [-0.25, -0.2) is 9.59 Å². The monoisotopic (exact) mass is 400 g/mol. The molecule has 0 bridgehead atoms. The normalized spacial score (nSPS) is 12.2. The minimum absolute atomic E-state index is 0.0150. The maximum atomic E-state index is 12.2. The molecule has 0 aliphatic heterocycles. The van der Waals surface area contributed by atoms with Gasteiger partial charge >= 0.3 is 12.0 Å². The van der Waals surface area contributed by atoms with Crippen LogP contribution < -0.4 is 16.0 Å². The van der Waals surface area contributed by atoms with Gasteiger partial charge in [0.25, 0.3) is 11.6 Å². The summed E-state index contributed by atoms with van der Waals surface area (Å²) in [4.78, 5) is 46.6. The summed E-state index contributed by atoms with van der Waals surface area (Å²) >= 11 is 0. The summed E-state index contributed by atoms with van der Waals surface area (Å²) in [6.07, 6.45) is -1.23.